The lowest BCUT2D eigenvalue weighted by Crippen LogP contribution is -2.70. The molecule has 186 valence electrons. The minimum absolute atomic E-state index is 0.0245. The van der Waals surface area contributed by atoms with Crippen molar-refractivity contribution in [3.05, 3.63) is 33.4 Å². The first-order valence-electron chi connectivity index (χ1n) is 10.4. The number of thiophene rings is 1. The van der Waals surface area contributed by atoms with Crippen LogP contribution in [-0.4, -0.2) is 83.6 Å². The number of carbonyl (C=O) groups excluding carboxylic acids is 3. The van der Waals surface area contributed by atoms with Crippen LogP contribution >= 0.6 is 34.9 Å². The Balaban J connectivity index is 1.38. The van der Waals surface area contributed by atoms with Crippen molar-refractivity contribution in [2.24, 2.45) is 0 Å². The van der Waals surface area contributed by atoms with Crippen LogP contribution in [0.1, 0.15) is 17.6 Å². The lowest BCUT2D eigenvalue weighted by atomic mass is 10.0. The maximum Gasteiger partial charge on any atom is 0.352 e. The van der Waals surface area contributed by atoms with Crippen LogP contribution in [0.2, 0.25) is 0 Å². The van der Waals surface area contributed by atoms with Gasteiger partial charge in [-0.2, -0.15) is 0 Å². The van der Waals surface area contributed by atoms with E-state index in [0.29, 0.717) is 27.2 Å². The number of aromatic hydroxyl groups is 1. The lowest BCUT2D eigenvalue weighted by molar-refractivity contribution is -0.150. The summed E-state index contributed by atoms with van der Waals surface area (Å²) in [4.78, 5) is 54.6. The summed E-state index contributed by atoms with van der Waals surface area (Å²) in [5.41, 5.74) is 0.428. The number of rotatable bonds is 10. The second kappa shape index (κ2) is 10.7. The Morgan fingerprint density at radius 3 is 2.86 bits per heavy atom. The van der Waals surface area contributed by atoms with Gasteiger partial charge in [0, 0.05) is 11.5 Å². The van der Waals surface area contributed by atoms with E-state index < -0.39 is 35.2 Å². The monoisotopic (exact) mass is 539 g/mol. The van der Waals surface area contributed by atoms with E-state index in [0.717, 1.165) is 0 Å². The molecule has 0 radical (unpaired) electrons. The Morgan fingerprint density at radius 1 is 1.37 bits per heavy atom. The number of aromatic amines is 1. The van der Waals surface area contributed by atoms with Gasteiger partial charge in [0.2, 0.25) is 11.1 Å². The number of ether oxygens (including phenoxy) is 1. The summed E-state index contributed by atoms with van der Waals surface area (Å²) < 4.78 is 4.87. The highest BCUT2D eigenvalue weighted by Gasteiger charge is 2.54. The van der Waals surface area contributed by atoms with Gasteiger partial charge in [0.25, 0.3) is 5.91 Å². The highest BCUT2D eigenvalue weighted by molar-refractivity contribution is 8.01. The fourth-order valence-electron chi connectivity index (χ4n) is 3.55. The number of thioether (sulfide) groups is 2. The molecule has 1 saturated heterocycles. The van der Waals surface area contributed by atoms with Crippen LogP contribution in [0.25, 0.3) is 0 Å². The molecule has 15 heteroatoms. The van der Waals surface area contributed by atoms with Crippen LogP contribution in [0.4, 0.5) is 0 Å². The molecule has 2 aromatic heterocycles. The number of nitrogens with one attached hydrogen (secondary N) is 2. The number of fused-ring (bicyclic) bond motifs is 1. The number of amides is 2. The van der Waals surface area contributed by atoms with E-state index in [-0.39, 0.29) is 36.6 Å². The Kier molecular flexibility index (Phi) is 7.66. The SMILES string of the molecule is CCOC(=O)Cc1nc(SCC2=C(C(=O)O)N3C(=O)C(NC(=O)Cc4sccc4O)[C@H]3SC2)n[nH]1. The topological polar surface area (TPSA) is 175 Å². The molecule has 4 heterocycles. The summed E-state index contributed by atoms with van der Waals surface area (Å²) in [7, 11) is 0. The summed E-state index contributed by atoms with van der Waals surface area (Å²) in [6.07, 6.45) is -0.119. The lowest BCUT2D eigenvalue weighted by Gasteiger charge is -2.49. The number of aromatic nitrogens is 3. The second-order valence-corrected chi connectivity index (χ2v) is 10.5. The number of esters is 1. The van der Waals surface area contributed by atoms with Crippen molar-refractivity contribution in [1.82, 2.24) is 25.4 Å². The average molecular weight is 540 g/mol. The number of hydrogen-bond acceptors (Lipinski definition) is 11. The number of β-lactam (4-membered cyclic amide) rings is 1. The van der Waals surface area contributed by atoms with Crippen molar-refractivity contribution in [2.45, 2.75) is 36.3 Å². The van der Waals surface area contributed by atoms with Gasteiger partial charge in [-0.15, -0.1) is 28.2 Å². The Bertz CT molecular complexity index is 1190. The molecule has 0 aromatic carbocycles. The molecule has 1 fully saturated rings. The minimum Gasteiger partial charge on any atom is -0.507 e. The standard InChI is InChI=1S/C20H21N5O7S3/c1-2-32-14(28)6-12-21-20(24-23-12)35-8-9-7-34-18-15(17(29)25(18)16(9)19(30)31)22-13(27)5-11-10(26)3-4-33-11/h3-4,15,18,26H,2,5-8H2,1H3,(H,22,27)(H,30,31)(H,21,23,24)/t15?,18-/m1/s1. The van der Waals surface area contributed by atoms with Gasteiger partial charge in [-0.3, -0.25) is 24.4 Å². The molecule has 35 heavy (non-hydrogen) atoms. The van der Waals surface area contributed by atoms with Gasteiger partial charge < -0.3 is 20.3 Å². The molecule has 2 aliphatic rings. The average Bonchev–Trinajstić information content (AvgIpc) is 3.43. The smallest absolute Gasteiger partial charge is 0.352 e. The Labute approximate surface area is 211 Å². The molecule has 1 unspecified atom stereocenters. The van der Waals surface area contributed by atoms with Crippen molar-refractivity contribution < 1.29 is 34.1 Å². The van der Waals surface area contributed by atoms with Gasteiger partial charge in [-0.05, 0) is 23.9 Å². The van der Waals surface area contributed by atoms with Crippen LogP contribution in [0.3, 0.4) is 0 Å². The highest BCUT2D eigenvalue weighted by Crippen LogP contribution is 2.41. The number of carbonyl (C=O) groups is 4. The van der Waals surface area contributed by atoms with Crippen molar-refractivity contribution in [3.63, 3.8) is 0 Å². The third kappa shape index (κ3) is 5.46. The zero-order valence-electron chi connectivity index (χ0n) is 18.3. The summed E-state index contributed by atoms with van der Waals surface area (Å²) in [6.45, 7) is 1.97. The molecule has 2 amide bonds. The number of hydrogen-bond donors (Lipinski definition) is 4. The fourth-order valence-corrected chi connectivity index (χ4v) is 6.62. The van der Waals surface area contributed by atoms with Gasteiger partial charge in [0.05, 0.1) is 17.9 Å². The van der Waals surface area contributed by atoms with Crippen molar-refractivity contribution >= 4 is 58.6 Å². The minimum atomic E-state index is -1.23. The fraction of sp³-hybridized carbons (Fsp3) is 0.400. The summed E-state index contributed by atoms with van der Waals surface area (Å²) >= 11 is 3.78. The molecule has 2 aromatic rings. The number of nitrogens with zero attached hydrogens (tertiary/aromatic N) is 3. The molecule has 0 spiro atoms. The highest BCUT2D eigenvalue weighted by atomic mass is 32.2. The van der Waals surface area contributed by atoms with E-state index in [1.54, 1.807) is 12.3 Å². The van der Waals surface area contributed by atoms with Gasteiger partial charge in [0.15, 0.2) is 0 Å². The van der Waals surface area contributed by atoms with Crippen LogP contribution in [-0.2, 0) is 36.8 Å². The molecule has 2 atom stereocenters. The maximum atomic E-state index is 12.8. The quantitative estimate of drug-likeness (QED) is 0.190. The Hall–Kier alpha value is -3.04. The zero-order chi connectivity index (χ0) is 25.1. The molecule has 4 N–H and O–H groups in total. The summed E-state index contributed by atoms with van der Waals surface area (Å²) in [6, 6.07) is 0.653. The largest absolute Gasteiger partial charge is 0.507 e. The first kappa shape index (κ1) is 25.1. The van der Waals surface area contributed by atoms with Crippen LogP contribution in [0.15, 0.2) is 27.9 Å². The Morgan fingerprint density at radius 2 is 2.17 bits per heavy atom. The summed E-state index contributed by atoms with van der Waals surface area (Å²) in [5.74, 6) is -1.65. The van der Waals surface area contributed by atoms with Crippen molar-refractivity contribution in [3.8, 4) is 5.75 Å². The van der Waals surface area contributed by atoms with Crippen LogP contribution < -0.4 is 5.32 Å². The number of carboxylic acids is 1. The van der Waals surface area contributed by atoms with E-state index >= 15 is 0 Å². The molecule has 12 nitrogen and oxygen atoms in total. The van der Waals surface area contributed by atoms with Gasteiger partial charge in [-0.1, -0.05) is 11.8 Å². The molecule has 0 bridgehead atoms. The molecule has 0 aliphatic carbocycles. The molecular weight excluding hydrogens is 518 g/mol. The predicted molar refractivity (Wildman–Crippen MR) is 127 cm³/mol. The van der Waals surface area contributed by atoms with Crippen LogP contribution in [0.5, 0.6) is 5.75 Å². The van der Waals surface area contributed by atoms with Crippen molar-refractivity contribution in [1.29, 1.82) is 0 Å². The van der Waals surface area contributed by atoms with E-state index in [2.05, 4.69) is 20.5 Å². The van der Waals surface area contributed by atoms with Crippen molar-refractivity contribution in [2.75, 3.05) is 18.1 Å². The first-order chi connectivity index (χ1) is 16.8. The zero-order valence-corrected chi connectivity index (χ0v) is 20.8. The predicted octanol–water partition coefficient (Wildman–Crippen LogP) is 0.751. The molecule has 0 saturated carbocycles. The van der Waals surface area contributed by atoms with E-state index in [1.807, 2.05) is 0 Å². The van der Waals surface area contributed by atoms with E-state index in [1.165, 1.54) is 45.8 Å². The molecule has 2 aliphatic heterocycles. The first-order valence-corrected chi connectivity index (χ1v) is 13.3. The number of H-pyrrole nitrogens is 1. The number of aliphatic carboxylic acids is 1. The van der Waals surface area contributed by atoms with Crippen LogP contribution in [0, 0.1) is 0 Å². The van der Waals surface area contributed by atoms with E-state index in [9.17, 15) is 29.4 Å². The van der Waals surface area contributed by atoms with Gasteiger partial charge >= 0.3 is 11.9 Å². The molecule has 4 rings (SSSR count). The van der Waals surface area contributed by atoms with Gasteiger partial charge in [0.1, 0.15) is 35.1 Å². The summed E-state index contributed by atoms with van der Waals surface area (Å²) in [5, 5.41) is 30.3. The maximum absolute atomic E-state index is 12.8. The van der Waals surface area contributed by atoms with Gasteiger partial charge in [-0.25, -0.2) is 9.78 Å². The van der Waals surface area contributed by atoms with E-state index in [4.69, 9.17) is 4.74 Å². The third-order valence-electron chi connectivity index (χ3n) is 5.11. The third-order valence-corrected chi connectivity index (χ3v) is 8.30. The molecular formula is C20H21N5O7S3. The number of carboxylic acid groups (broad SMARTS) is 1. The normalized spacial score (nSPS) is 19.2. The second-order valence-electron chi connectivity index (χ2n) is 7.45.